The zero-order chi connectivity index (χ0) is 68.7. The first-order valence-corrected chi connectivity index (χ1v) is 29.7. The molecule has 93 heavy (non-hydrogen) atoms. The third-order valence-electron chi connectivity index (χ3n) is 14.5. The molecule has 4 rings (SSSR count). The van der Waals surface area contributed by atoms with Crippen molar-refractivity contribution in [3.05, 3.63) is 71.9 Å². The van der Waals surface area contributed by atoms with Crippen LogP contribution in [0.1, 0.15) is 75.3 Å². The monoisotopic (exact) mass is 1300 g/mol. The normalized spacial score (nSPS) is 15.1. The van der Waals surface area contributed by atoms with Gasteiger partial charge in [-0.15, -0.1) is 0 Å². The van der Waals surface area contributed by atoms with E-state index in [0.29, 0.717) is 22.0 Å². The Kier molecular flexibility index (Phi) is 30.8. The van der Waals surface area contributed by atoms with Crippen LogP contribution in [0.4, 0.5) is 0 Å². The number of carbonyl (C=O) groups excluding carboxylic acids is 13. The summed E-state index contributed by atoms with van der Waals surface area (Å²) in [4.78, 5) is 186. The number of aliphatic hydroxyl groups excluding tert-OH is 2. The van der Waals surface area contributed by atoms with Gasteiger partial charge < -0.3 is 114 Å². The summed E-state index contributed by atoms with van der Waals surface area (Å²) in [6.07, 6.45) is -0.0965. The summed E-state index contributed by atoms with van der Waals surface area (Å²) in [5.74, 6) is -12.6. The van der Waals surface area contributed by atoms with Crippen LogP contribution in [0.15, 0.2) is 70.8 Å². The number of hydrogen-bond donors (Lipinski definition) is 20. The molecule has 0 aliphatic carbocycles. The average Bonchev–Trinajstić information content (AvgIpc) is 1.78. The second-order valence-corrected chi connectivity index (χ2v) is 21.7. The SMILES string of the molecule is NC(=O)CC[C@H](NC(=O)CNC(=O)[C@@H](N)CO)C(=O)N[C@@H](CO)C(=O)N[C@@H](Cc1c[nH]c2ccccc12)C(=O)N[C@@H](CCCN=C(N)N)C(=O)N1CCC[C@H]1C(=O)N[C@@H](CCC(N)=O)C(=O)NCC(=O)N[C@@H](CCCN=C(N)N)C(=O)N[C@@H](Cc1ccccc1)C(N)=O. The number of benzene rings is 2. The van der Waals surface area contributed by atoms with Gasteiger partial charge in [-0.1, -0.05) is 48.5 Å². The van der Waals surface area contributed by atoms with Crippen molar-refractivity contribution in [1.29, 1.82) is 0 Å². The Bertz CT molecular complexity index is 3170. The number of fused-ring (bicyclic) bond motifs is 1. The van der Waals surface area contributed by atoms with E-state index < -0.39 is 177 Å². The first-order chi connectivity index (χ1) is 44.2. The molecule has 0 saturated carbocycles. The summed E-state index contributed by atoms with van der Waals surface area (Å²) in [5.41, 5.74) is 45.7. The number of para-hydroxylation sites is 1. The molecule has 3 aromatic rings. The predicted octanol–water partition coefficient (Wildman–Crippen LogP) is -8.99. The van der Waals surface area contributed by atoms with Crippen molar-refractivity contribution in [2.75, 3.05) is 45.9 Å². The Morgan fingerprint density at radius 1 is 0.538 bits per heavy atom. The van der Waals surface area contributed by atoms with Crippen LogP contribution in [0.2, 0.25) is 0 Å². The van der Waals surface area contributed by atoms with E-state index in [9.17, 15) is 67.4 Å². The van der Waals surface area contributed by atoms with Crippen molar-refractivity contribution in [3.8, 4) is 0 Å². The molecule has 1 saturated heterocycles. The molecule has 9 atom stereocenters. The van der Waals surface area contributed by atoms with Gasteiger partial charge in [0.2, 0.25) is 76.8 Å². The molecule has 28 N–H and O–H groups in total. The Hall–Kier alpha value is -10.5. The van der Waals surface area contributed by atoms with Crippen molar-refractivity contribution >= 4 is 99.6 Å². The molecular weight excluding hydrogens is 1220 g/mol. The fraction of sp³-hybridized carbons (Fsp3) is 0.491. The van der Waals surface area contributed by atoms with Crippen molar-refractivity contribution < 1.29 is 72.5 Å². The van der Waals surface area contributed by atoms with Crippen LogP contribution in [0.3, 0.4) is 0 Å². The summed E-state index contributed by atoms with van der Waals surface area (Å²) >= 11 is 0. The zero-order valence-electron chi connectivity index (χ0n) is 51.1. The molecule has 36 heteroatoms. The van der Waals surface area contributed by atoms with Crippen LogP contribution in [0, 0.1) is 0 Å². The highest BCUT2D eigenvalue weighted by Gasteiger charge is 2.40. The minimum atomic E-state index is -1.84. The molecule has 13 amide bonds. The fourth-order valence-corrected chi connectivity index (χ4v) is 9.66. The standard InChI is InChI=1S/C57H85N21O15/c58-33(28-79)48(86)69-26-45(83)72-37(17-19-44(60)82)51(89)77-41(29-80)53(91)76-40(24-31-25-68-34-12-5-4-11-32(31)34)52(90)74-38(14-7-21-67-57(64)65)55(93)78-22-8-15-42(78)54(92)73-36(16-18-43(59)81)49(87)70-27-46(84)71-35(13-6-20-66-56(62)63)50(88)75-39(47(61)85)23-30-9-2-1-3-10-30/h1-5,9-12,25,33,35-42,68,79-80H,6-8,13-24,26-29,58H2,(H2,59,81)(H2,60,82)(H2,61,85)(H,69,86)(H,70,87)(H,71,84)(H,72,83)(H,73,92)(H,74,90)(H,75,88)(H,76,91)(H,77,89)(H4,62,63,66)(H4,64,65,67)/t33-,35-,36-,37-,38-,39-,40-,41-,42-/m0/s1. The summed E-state index contributed by atoms with van der Waals surface area (Å²) in [6.45, 7) is -3.38. The van der Waals surface area contributed by atoms with Gasteiger partial charge in [-0.05, 0) is 68.6 Å². The highest BCUT2D eigenvalue weighted by atomic mass is 16.3. The highest BCUT2D eigenvalue weighted by Crippen LogP contribution is 2.22. The van der Waals surface area contributed by atoms with Gasteiger partial charge in [-0.2, -0.15) is 0 Å². The number of aromatic amines is 1. The molecule has 1 aliphatic heterocycles. The Labute approximate surface area is 533 Å². The number of amides is 13. The van der Waals surface area contributed by atoms with Crippen LogP contribution in [-0.2, 0) is 75.2 Å². The molecule has 0 bridgehead atoms. The molecular formula is C57H85N21O15. The molecule has 1 aromatic heterocycles. The third-order valence-corrected chi connectivity index (χ3v) is 14.5. The number of aromatic nitrogens is 1. The lowest BCUT2D eigenvalue weighted by molar-refractivity contribution is -0.142. The molecule has 2 aromatic carbocycles. The predicted molar refractivity (Wildman–Crippen MR) is 334 cm³/mol. The maximum atomic E-state index is 14.8. The minimum Gasteiger partial charge on any atom is -0.394 e. The molecule has 1 fully saturated rings. The van der Waals surface area contributed by atoms with Crippen LogP contribution < -0.4 is 93.7 Å². The van der Waals surface area contributed by atoms with E-state index in [1.165, 1.54) is 0 Å². The van der Waals surface area contributed by atoms with E-state index in [0.717, 1.165) is 4.90 Å². The first-order valence-electron chi connectivity index (χ1n) is 29.7. The summed E-state index contributed by atoms with van der Waals surface area (Å²) in [6, 6.07) is 2.39. The fourth-order valence-electron chi connectivity index (χ4n) is 9.66. The molecule has 0 radical (unpaired) electrons. The number of likely N-dealkylation sites (tertiary alicyclic amines) is 1. The Balaban J connectivity index is 1.56. The van der Waals surface area contributed by atoms with Gasteiger partial charge in [0.1, 0.15) is 54.4 Å². The highest BCUT2D eigenvalue weighted by molar-refractivity contribution is 5.99. The number of guanidine groups is 2. The van der Waals surface area contributed by atoms with Crippen LogP contribution in [-0.4, -0.2) is 209 Å². The van der Waals surface area contributed by atoms with E-state index in [-0.39, 0.29) is 89.3 Å². The van der Waals surface area contributed by atoms with Crippen molar-refractivity contribution in [3.63, 3.8) is 0 Å². The Morgan fingerprint density at radius 3 is 1.59 bits per heavy atom. The van der Waals surface area contributed by atoms with Crippen LogP contribution in [0.25, 0.3) is 10.9 Å². The quantitative estimate of drug-likeness (QED) is 0.0143. The molecule has 2 heterocycles. The molecule has 0 spiro atoms. The second kappa shape index (κ2) is 38.3. The van der Waals surface area contributed by atoms with Crippen molar-refractivity contribution in [2.24, 2.45) is 55.9 Å². The maximum absolute atomic E-state index is 14.8. The van der Waals surface area contributed by atoms with Gasteiger partial charge in [-0.25, -0.2) is 0 Å². The van der Waals surface area contributed by atoms with Gasteiger partial charge >= 0.3 is 0 Å². The largest absolute Gasteiger partial charge is 0.394 e. The number of carbonyl (C=O) groups is 13. The van der Waals surface area contributed by atoms with Gasteiger partial charge in [-0.3, -0.25) is 72.3 Å². The first kappa shape index (κ1) is 75.0. The third kappa shape index (κ3) is 25.7. The van der Waals surface area contributed by atoms with E-state index in [1.807, 2.05) is 0 Å². The number of hydrogen-bond acceptors (Lipinski definition) is 18. The number of primary amides is 3. The summed E-state index contributed by atoms with van der Waals surface area (Å²) in [7, 11) is 0. The number of nitrogens with one attached hydrogen (secondary N) is 10. The maximum Gasteiger partial charge on any atom is 0.245 e. The molecule has 1 aliphatic rings. The van der Waals surface area contributed by atoms with Gasteiger partial charge in [0.05, 0.1) is 26.3 Å². The van der Waals surface area contributed by atoms with Gasteiger partial charge in [0.15, 0.2) is 11.9 Å². The zero-order valence-corrected chi connectivity index (χ0v) is 51.1. The van der Waals surface area contributed by atoms with E-state index in [4.69, 9.17) is 51.0 Å². The number of aliphatic imine (C=N–C) groups is 2. The summed E-state index contributed by atoms with van der Waals surface area (Å²) < 4.78 is 0. The van der Waals surface area contributed by atoms with Gasteiger partial charge in [0.25, 0.3) is 0 Å². The van der Waals surface area contributed by atoms with E-state index >= 15 is 0 Å². The lowest BCUT2D eigenvalue weighted by Gasteiger charge is -2.31. The molecule has 36 nitrogen and oxygen atoms in total. The minimum absolute atomic E-state index is 0.0268. The Morgan fingerprint density at radius 2 is 1.03 bits per heavy atom. The topological polar surface area (TPSA) is 623 Å². The lowest BCUT2D eigenvalue weighted by Crippen LogP contribution is -2.60. The van der Waals surface area contributed by atoms with Gasteiger partial charge in [0, 0.05) is 62.4 Å². The summed E-state index contributed by atoms with van der Waals surface area (Å²) in [5, 5.41) is 42.2. The second-order valence-electron chi connectivity index (χ2n) is 21.7. The number of H-pyrrole nitrogens is 1. The number of nitrogens with zero attached hydrogens (tertiary/aromatic N) is 3. The van der Waals surface area contributed by atoms with E-state index in [2.05, 4.69) is 62.8 Å². The van der Waals surface area contributed by atoms with Crippen molar-refractivity contribution in [2.45, 2.75) is 131 Å². The smallest absolute Gasteiger partial charge is 0.245 e. The molecule has 0 unspecified atom stereocenters. The molecule has 508 valence electrons. The average molecular weight is 1300 g/mol. The van der Waals surface area contributed by atoms with E-state index in [1.54, 1.807) is 60.8 Å². The van der Waals surface area contributed by atoms with Crippen molar-refractivity contribution in [1.82, 2.24) is 57.7 Å². The number of aliphatic hydroxyl groups is 2. The number of rotatable bonds is 40. The number of nitrogens with two attached hydrogens (primary N) is 8. The van der Waals surface area contributed by atoms with Crippen LogP contribution >= 0.6 is 0 Å². The van der Waals surface area contributed by atoms with Crippen LogP contribution in [0.5, 0.6) is 0 Å². The lowest BCUT2D eigenvalue weighted by atomic mass is 10.0.